The first-order chi connectivity index (χ1) is 8.71. The van der Waals surface area contributed by atoms with Gasteiger partial charge in [-0.25, -0.2) is 0 Å². The van der Waals surface area contributed by atoms with Gasteiger partial charge in [0.2, 0.25) is 0 Å². The molecule has 1 rings (SSSR count). The summed E-state index contributed by atoms with van der Waals surface area (Å²) in [5.74, 6) is 1.58. The molecule has 1 aliphatic rings. The highest BCUT2D eigenvalue weighted by Gasteiger charge is 2.34. The van der Waals surface area contributed by atoms with Crippen LogP contribution in [0, 0.1) is 17.3 Å². The van der Waals surface area contributed by atoms with Crippen LogP contribution in [0.25, 0.3) is 0 Å². The number of hydrogen-bond acceptors (Lipinski definition) is 2. The molecule has 1 heterocycles. The van der Waals surface area contributed by atoms with Crippen molar-refractivity contribution in [3.63, 3.8) is 0 Å². The third-order valence-electron chi connectivity index (χ3n) is 4.50. The molecule has 2 unspecified atom stereocenters. The Morgan fingerprint density at radius 3 is 2.26 bits per heavy atom. The molecule has 1 aliphatic heterocycles. The highest BCUT2D eigenvalue weighted by atomic mass is 15.2. The van der Waals surface area contributed by atoms with Crippen molar-refractivity contribution < 1.29 is 0 Å². The SMILES string of the molecule is CC(C)CCCN1CC(C(C)(C)C)NCC1C(C)C. The van der Waals surface area contributed by atoms with E-state index >= 15 is 0 Å². The molecule has 1 N–H and O–H groups in total. The third kappa shape index (κ3) is 5.43. The number of nitrogens with zero attached hydrogens (tertiary/aromatic N) is 1. The summed E-state index contributed by atoms with van der Waals surface area (Å²) in [5, 5.41) is 3.78. The van der Waals surface area contributed by atoms with Gasteiger partial charge < -0.3 is 5.32 Å². The van der Waals surface area contributed by atoms with E-state index in [-0.39, 0.29) is 0 Å². The van der Waals surface area contributed by atoms with Gasteiger partial charge >= 0.3 is 0 Å². The topological polar surface area (TPSA) is 15.3 Å². The van der Waals surface area contributed by atoms with Crippen molar-refractivity contribution >= 4 is 0 Å². The van der Waals surface area contributed by atoms with Crippen molar-refractivity contribution in [1.29, 1.82) is 0 Å². The number of hydrogen-bond donors (Lipinski definition) is 1. The zero-order valence-electron chi connectivity index (χ0n) is 14.3. The van der Waals surface area contributed by atoms with Crippen LogP contribution in [0.5, 0.6) is 0 Å². The Morgan fingerprint density at radius 1 is 1.16 bits per heavy atom. The highest BCUT2D eigenvalue weighted by Crippen LogP contribution is 2.26. The lowest BCUT2D eigenvalue weighted by Gasteiger charge is -2.46. The number of piperazine rings is 1. The van der Waals surface area contributed by atoms with Crippen molar-refractivity contribution in [1.82, 2.24) is 10.2 Å². The van der Waals surface area contributed by atoms with Crippen LogP contribution in [0.1, 0.15) is 61.3 Å². The lowest BCUT2D eigenvalue weighted by molar-refractivity contribution is 0.0613. The van der Waals surface area contributed by atoms with E-state index in [2.05, 4.69) is 58.7 Å². The highest BCUT2D eigenvalue weighted by molar-refractivity contribution is 4.92. The Kier molecular flexibility index (Phi) is 6.32. The van der Waals surface area contributed by atoms with E-state index in [0.29, 0.717) is 17.5 Å². The van der Waals surface area contributed by atoms with Gasteiger partial charge in [0, 0.05) is 25.2 Å². The van der Waals surface area contributed by atoms with Crippen molar-refractivity contribution in [2.24, 2.45) is 17.3 Å². The summed E-state index contributed by atoms with van der Waals surface area (Å²) in [5.41, 5.74) is 0.359. The second kappa shape index (κ2) is 7.08. The van der Waals surface area contributed by atoms with Crippen molar-refractivity contribution in [2.75, 3.05) is 19.6 Å². The fraction of sp³-hybridized carbons (Fsp3) is 1.00. The molecule has 0 amide bonds. The maximum Gasteiger partial charge on any atom is 0.0244 e. The van der Waals surface area contributed by atoms with E-state index in [1.165, 1.54) is 25.9 Å². The predicted molar refractivity (Wildman–Crippen MR) is 85.5 cm³/mol. The Bertz CT molecular complexity index is 252. The maximum absolute atomic E-state index is 3.78. The summed E-state index contributed by atoms with van der Waals surface area (Å²) in [4.78, 5) is 2.75. The van der Waals surface area contributed by atoms with Crippen LogP contribution in [0.4, 0.5) is 0 Å². The van der Waals surface area contributed by atoms with E-state index in [1.807, 2.05) is 0 Å². The minimum atomic E-state index is 0.359. The third-order valence-corrected chi connectivity index (χ3v) is 4.50. The molecule has 0 aromatic heterocycles. The molecular formula is C17H36N2. The first-order valence-electron chi connectivity index (χ1n) is 8.19. The van der Waals surface area contributed by atoms with Crippen molar-refractivity contribution in [3.05, 3.63) is 0 Å². The molecule has 0 saturated carbocycles. The van der Waals surface area contributed by atoms with Crippen LogP contribution in [0.2, 0.25) is 0 Å². The summed E-state index contributed by atoms with van der Waals surface area (Å²) in [6.45, 7) is 20.1. The lowest BCUT2D eigenvalue weighted by atomic mass is 9.83. The first kappa shape index (κ1) is 17.0. The lowest BCUT2D eigenvalue weighted by Crippen LogP contribution is -2.61. The van der Waals surface area contributed by atoms with Gasteiger partial charge in [0.05, 0.1) is 0 Å². The molecule has 1 saturated heterocycles. The summed E-state index contributed by atoms with van der Waals surface area (Å²) in [6.07, 6.45) is 2.70. The van der Waals surface area contributed by atoms with Gasteiger partial charge in [0.25, 0.3) is 0 Å². The molecule has 2 heteroatoms. The Labute approximate surface area is 121 Å². The molecule has 0 spiro atoms. The summed E-state index contributed by atoms with van der Waals surface area (Å²) >= 11 is 0. The molecule has 2 atom stereocenters. The molecule has 0 aromatic rings. The largest absolute Gasteiger partial charge is 0.311 e. The normalized spacial score (nSPS) is 26.4. The fourth-order valence-electron chi connectivity index (χ4n) is 3.02. The van der Waals surface area contributed by atoms with Crippen molar-refractivity contribution in [3.8, 4) is 0 Å². The average Bonchev–Trinajstić information content (AvgIpc) is 2.26. The van der Waals surface area contributed by atoms with E-state index in [1.54, 1.807) is 0 Å². The van der Waals surface area contributed by atoms with Gasteiger partial charge in [-0.05, 0) is 36.6 Å². The predicted octanol–water partition coefficient (Wildman–Crippen LogP) is 3.77. The standard InChI is InChI=1S/C17H36N2/c1-13(2)9-8-10-19-12-16(17(5,6)7)18-11-15(19)14(3)4/h13-16,18H,8-12H2,1-7H3. The van der Waals surface area contributed by atoms with Gasteiger partial charge in [-0.2, -0.15) is 0 Å². The fourth-order valence-corrected chi connectivity index (χ4v) is 3.02. The molecule has 0 aliphatic carbocycles. The average molecular weight is 268 g/mol. The minimum absolute atomic E-state index is 0.359. The second-order valence-corrected chi connectivity index (χ2v) is 8.17. The first-order valence-corrected chi connectivity index (χ1v) is 8.19. The zero-order valence-corrected chi connectivity index (χ0v) is 14.3. The van der Waals surface area contributed by atoms with Crippen LogP contribution in [-0.4, -0.2) is 36.6 Å². The molecule has 1 fully saturated rings. The van der Waals surface area contributed by atoms with Crippen LogP contribution >= 0.6 is 0 Å². The summed E-state index contributed by atoms with van der Waals surface area (Å²) in [7, 11) is 0. The van der Waals surface area contributed by atoms with Crippen LogP contribution in [0.3, 0.4) is 0 Å². The Balaban J connectivity index is 2.58. The molecule has 19 heavy (non-hydrogen) atoms. The number of rotatable bonds is 5. The maximum atomic E-state index is 3.78. The van der Waals surface area contributed by atoms with Gasteiger partial charge in [-0.1, -0.05) is 48.5 Å². The zero-order chi connectivity index (χ0) is 14.6. The molecule has 114 valence electrons. The van der Waals surface area contributed by atoms with Gasteiger partial charge in [0.1, 0.15) is 0 Å². The quantitative estimate of drug-likeness (QED) is 0.816. The minimum Gasteiger partial charge on any atom is -0.311 e. The Hall–Kier alpha value is -0.0800. The Morgan fingerprint density at radius 2 is 1.79 bits per heavy atom. The van der Waals surface area contributed by atoms with Crippen LogP contribution < -0.4 is 5.32 Å². The molecule has 2 nitrogen and oxygen atoms in total. The summed E-state index contributed by atoms with van der Waals surface area (Å²) in [6, 6.07) is 1.34. The van der Waals surface area contributed by atoms with E-state index in [0.717, 1.165) is 18.4 Å². The van der Waals surface area contributed by atoms with Crippen LogP contribution in [0.15, 0.2) is 0 Å². The van der Waals surface area contributed by atoms with E-state index in [4.69, 9.17) is 0 Å². The summed E-state index contributed by atoms with van der Waals surface area (Å²) < 4.78 is 0. The molecule has 0 bridgehead atoms. The second-order valence-electron chi connectivity index (χ2n) is 8.17. The van der Waals surface area contributed by atoms with E-state index < -0.39 is 0 Å². The van der Waals surface area contributed by atoms with Gasteiger partial charge in [0.15, 0.2) is 0 Å². The molecule has 0 aromatic carbocycles. The van der Waals surface area contributed by atoms with Crippen LogP contribution in [-0.2, 0) is 0 Å². The van der Waals surface area contributed by atoms with E-state index in [9.17, 15) is 0 Å². The smallest absolute Gasteiger partial charge is 0.0244 e. The molecular weight excluding hydrogens is 232 g/mol. The van der Waals surface area contributed by atoms with Gasteiger partial charge in [-0.3, -0.25) is 4.90 Å². The number of nitrogens with one attached hydrogen (secondary N) is 1. The van der Waals surface area contributed by atoms with Gasteiger partial charge in [-0.15, -0.1) is 0 Å². The molecule has 0 radical (unpaired) electrons. The van der Waals surface area contributed by atoms with Crippen molar-refractivity contribution in [2.45, 2.75) is 73.4 Å². The monoisotopic (exact) mass is 268 g/mol.